The van der Waals surface area contributed by atoms with E-state index >= 15 is 0 Å². The summed E-state index contributed by atoms with van der Waals surface area (Å²) in [5, 5.41) is 0.672. The van der Waals surface area contributed by atoms with Gasteiger partial charge in [0.25, 0.3) is 5.56 Å². The van der Waals surface area contributed by atoms with Gasteiger partial charge in [-0.2, -0.15) is 0 Å². The van der Waals surface area contributed by atoms with Crippen LogP contribution in [-0.4, -0.2) is 31.0 Å². The van der Waals surface area contributed by atoms with E-state index in [-0.39, 0.29) is 11.6 Å². The zero-order valence-electron chi connectivity index (χ0n) is 15.2. The molecule has 0 spiro atoms. The first-order valence-electron chi connectivity index (χ1n) is 9.34. The number of likely N-dealkylation sites (tertiary alicyclic amines) is 1. The monoisotopic (exact) mass is 359 g/mol. The highest BCUT2D eigenvalue weighted by molar-refractivity contribution is 5.77. The molecule has 136 valence electrons. The largest absolute Gasteiger partial charge is 0.341 e. The minimum absolute atomic E-state index is 0.0196. The highest BCUT2D eigenvalue weighted by Gasteiger charge is 2.30. The molecule has 5 rings (SSSR count). The Morgan fingerprint density at radius 2 is 1.85 bits per heavy atom. The van der Waals surface area contributed by atoms with Crippen molar-refractivity contribution in [3.63, 3.8) is 0 Å². The molecule has 0 bridgehead atoms. The molecule has 1 N–H and O–H groups in total. The van der Waals surface area contributed by atoms with Crippen LogP contribution in [0.5, 0.6) is 0 Å². The van der Waals surface area contributed by atoms with Crippen LogP contribution in [-0.2, 0) is 13.6 Å². The van der Waals surface area contributed by atoms with Crippen molar-refractivity contribution in [2.75, 3.05) is 6.54 Å². The van der Waals surface area contributed by atoms with Crippen molar-refractivity contribution in [2.45, 2.75) is 25.4 Å². The van der Waals surface area contributed by atoms with Gasteiger partial charge in [0.15, 0.2) is 0 Å². The highest BCUT2D eigenvalue weighted by atomic mass is 16.1. The van der Waals surface area contributed by atoms with Gasteiger partial charge >= 0.3 is 0 Å². The van der Waals surface area contributed by atoms with E-state index in [1.807, 2.05) is 55.6 Å². The molecule has 2 aromatic heterocycles. The second kappa shape index (κ2) is 6.32. The maximum atomic E-state index is 12.8. The number of imidazole rings is 1. The molecule has 0 amide bonds. The molecule has 0 saturated carbocycles. The Labute approximate surface area is 156 Å². The van der Waals surface area contributed by atoms with Crippen LogP contribution in [0.1, 0.15) is 30.5 Å². The molecule has 1 aliphatic heterocycles. The molecular formula is C21H21N5O. The van der Waals surface area contributed by atoms with Crippen LogP contribution < -0.4 is 5.56 Å². The van der Waals surface area contributed by atoms with Crippen molar-refractivity contribution in [1.29, 1.82) is 0 Å². The number of hydrogen-bond acceptors (Lipinski definition) is 4. The number of rotatable bonds is 3. The molecule has 27 heavy (non-hydrogen) atoms. The van der Waals surface area contributed by atoms with E-state index in [2.05, 4.69) is 9.88 Å². The summed E-state index contributed by atoms with van der Waals surface area (Å²) in [5.74, 6) is 1.79. The number of H-pyrrole nitrogens is 1. The van der Waals surface area contributed by atoms with Crippen molar-refractivity contribution >= 4 is 21.9 Å². The molecule has 1 saturated heterocycles. The zero-order valence-corrected chi connectivity index (χ0v) is 15.2. The van der Waals surface area contributed by atoms with E-state index in [0.717, 1.165) is 54.1 Å². The van der Waals surface area contributed by atoms with E-state index in [4.69, 9.17) is 9.97 Å². The summed E-state index contributed by atoms with van der Waals surface area (Å²) in [6.45, 7) is 1.70. The summed E-state index contributed by atoms with van der Waals surface area (Å²) in [6, 6.07) is 15.8. The van der Waals surface area contributed by atoms with Crippen LogP contribution in [0, 0.1) is 0 Å². The van der Waals surface area contributed by atoms with E-state index in [9.17, 15) is 4.79 Å². The number of nitrogens with zero attached hydrogens (tertiary/aromatic N) is 4. The predicted molar refractivity (Wildman–Crippen MR) is 105 cm³/mol. The smallest absolute Gasteiger partial charge is 0.261 e. The predicted octanol–water partition coefficient (Wildman–Crippen LogP) is 3.15. The summed E-state index contributed by atoms with van der Waals surface area (Å²) in [4.78, 5) is 28.1. The molecule has 0 aliphatic carbocycles. The average Bonchev–Trinajstić information content (AvgIpc) is 3.31. The van der Waals surface area contributed by atoms with Crippen LogP contribution in [0.4, 0.5) is 0 Å². The first kappa shape index (κ1) is 16.2. The zero-order chi connectivity index (χ0) is 18.4. The second-order valence-electron chi connectivity index (χ2n) is 7.18. The SMILES string of the molecule is Cn1c(C2CCCN2Cc2nc3ccccc3[nH]2)nc2ccccc2c1=O. The minimum atomic E-state index is 0.0196. The van der Waals surface area contributed by atoms with E-state index in [1.165, 1.54) is 0 Å². The molecule has 0 radical (unpaired) electrons. The lowest BCUT2D eigenvalue weighted by Gasteiger charge is -2.24. The Balaban J connectivity index is 1.51. The summed E-state index contributed by atoms with van der Waals surface area (Å²) in [6.07, 6.45) is 2.09. The molecule has 6 nitrogen and oxygen atoms in total. The number of hydrogen-bond donors (Lipinski definition) is 1. The fourth-order valence-electron chi connectivity index (χ4n) is 4.11. The first-order valence-corrected chi connectivity index (χ1v) is 9.34. The average molecular weight is 359 g/mol. The third-order valence-electron chi connectivity index (χ3n) is 5.47. The Bertz CT molecular complexity index is 1160. The Kier molecular flexibility index (Phi) is 3.79. The lowest BCUT2D eigenvalue weighted by atomic mass is 10.1. The fraction of sp³-hybridized carbons (Fsp3) is 0.286. The van der Waals surface area contributed by atoms with Gasteiger partial charge in [-0.25, -0.2) is 9.97 Å². The summed E-state index contributed by atoms with van der Waals surface area (Å²) in [7, 11) is 1.83. The van der Waals surface area contributed by atoms with E-state index < -0.39 is 0 Å². The van der Waals surface area contributed by atoms with Gasteiger partial charge < -0.3 is 4.98 Å². The molecule has 1 aliphatic rings. The second-order valence-corrected chi connectivity index (χ2v) is 7.18. The van der Waals surface area contributed by atoms with Crippen LogP contribution in [0.3, 0.4) is 0 Å². The van der Waals surface area contributed by atoms with Crippen molar-refractivity contribution < 1.29 is 0 Å². The van der Waals surface area contributed by atoms with Crippen LogP contribution in [0.25, 0.3) is 21.9 Å². The summed E-state index contributed by atoms with van der Waals surface area (Å²) >= 11 is 0. The molecule has 1 atom stereocenters. The normalized spacial score (nSPS) is 17.9. The summed E-state index contributed by atoms with van der Waals surface area (Å²) < 4.78 is 1.71. The van der Waals surface area contributed by atoms with Crippen molar-refractivity contribution in [3.8, 4) is 0 Å². The quantitative estimate of drug-likeness (QED) is 0.610. The Morgan fingerprint density at radius 3 is 2.70 bits per heavy atom. The summed E-state index contributed by atoms with van der Waals surface area (Å²) in [5.41, 5.74) is 2.83. The number of fused-ring (bicyclic) bond motifs is 2. The van der Waals surface area contributed by atoms with Gasteiger partial charge in [0.2, 0.25) is 0 Å². The topological polar surface area (TPSA) is 66.8 Å². The van der Waals surface area contributed by atoms with Crippen molar-refractivity contribution in [1.82, 2.24) is 24.4 Å². The third-order valence-corrected chi connectivity index (χ3v) is 5.47. The number of aromatic amines is 1. The number of para-hydroxylation sites is 3. The van der Waals surface area contributed by atoms with Crippen molar-refractivity contribution in [2.24, 2.45) is 7.05 Å². The Morgan fingerprint density at radius 1 is 1.07 bits per heavy atom. The molecular weight excluding hydrogens is 338 g/mol. The maximum absolute atomic E-state index is 12.8. The molecule has 1 unspecified atom stereocenters. The number of nitrogens with one attached hydrogen (secondary N) is 1. The van der Waals surface area contributed by atoms with Gasteiger partial charge in [-0.05, 0) is 43.7 Å². The van der Waals surface area contributed by atoms with E-state index in [0.29, 0.717) is 5.39 Å². The van der Waals surface area contributed by atoms with Crippen molar-refractivity contribution in [3.05, 3.63) is 70.5 Å². The minimum Gasteiger partial charge on any atom is -0.341 e. The molecule has 6 heteroatoms. The Hall–Kier alpha value is -2.99. The van der Waals surface area contributed by atoms with Crippen LogP contribution in [0.15, 0.2) is 53.3 Å². The maximum Gasteiger partial charge on any atom is 0.261 e. The standard InChI is InChI=1S/C21H21N5O/c1-25-20(24-15-8-3-2-7-14(15)21(25)27)18-11-6-12-26(18)13-19-22-16-9-4-5-10-17(16)23-19/h2-5,7-10,18H,6,11-13H2,1H3,(H,22,23). The molecule has 4 aromatic rings. The van der Waals surface area contributed by atoms with Gasteiger partial charge in [-0.15, -0.1) is 0 Å². The number of benzene rings is 2. The van der Waals surface area contributed by atoms with Gasteiger partial charge in [0.1, 0.15) is 11.6 Å². The van der Waals surface area contributed by atoms with Gasteiger partial charge in [-0.3, -0.25) is 14.3 Å². The molecule has 3 heterocycles. The molecule has 2 aromatic carbocycles. The lowest BCUT2D eigenvalue weighted by Crippen LogP contribution is -2.30. The highest BCUT2D eigenvalue weighted by Crippen LogP contribution is 2.32. The van der Waals surface area contributed by atoms with Crippen LogP contribution in [0.2, 0.25) is 0 Å². The van der Waals surface area contributed by atoms with Gasteiger partial charge in [0.05, 0.1) is 34.5 Å². The fourth-order valence-corrected chi connectivity index (χ4v) is 4.11. The van der Waals surface area contributed by atoms with Gasteiger partial charge in [0, 0.05) is 7.05 Å². The third kappa shape index (κ3) is 2.73. The van der Waals surface area contributed by atoms with Gasteiger partial charge in [-0.1, -0.05) is 24.3 Å². The van der Waals surface area contributed by atoms with Crippen LogP contribution >= 0.6 is 0 Å². The van der Waals surface area contributed by atoms with E-state index in [1.54, 1.807) is 4.57 Å². The molecule has 1 fully saturated rings. The number of aromatic nitrogens is 4. The lowest BCUT2D eigenvalue weighted by molar-refractivity contribution is 0.230. The first-order chi connectivity index (χ1) is 13.2.